The zero-order valence-electron chi connectivity index (χ0n) is 14.7. The van der Waals surface area contributed by atoms with Crippen LogP contribution >= 0.6 is 15.9 Å². The van der Waals surface area contributed by atoms with Crippen molar-refractivity contribution in [1.29, 1.82) is 0 Å². The van der Waals surface area contributed by atoms with Gasteiger partial charge in [-0.25, -0.2) is 0 Å². The fourth-order valence-corrected chi connectivity index (χ4v) is 3.73. The molecule has 27 heavy (non-hydrogen) atoms. The highest BCUT2D eigenvalue weighted by Crippen LogP contribution is 2.27. The number of hydrogen-bond acceptors (Lipinski definition) is 4. The highest BCUT2D eigenvalue weighted by Gasteiger charge is 2.23. The monoisotopic (exact) mass is 425 g/mol. The minimum Gasteiger partial charge on any atom is -0.380 e. The summed E-state index contributed by atoms with van der Waals surface area (Å²) in [6.07, 6.45) is 3.21. The van der Waals surface area contributed by atoms with Gasteiger partial charge in [-0.05, 0) is 58.6 Å². The van der Waals surface area contributed by atoms with Gasteiger partial charge in [0, 0.05) is 40.6 Å². The van der Waals surface area contributed by atoms with E-state index in [9.17, 15) is 4.79 Å². The van der Waals surface area contributed by atoms with Gasteiger partial charge in [-0.15, -0.1) is 0 Å². The number of nitrogens with zero attached hydrogens (tertiary/aromatic N) is 1. The van der Waals surface area contributed by atoms with Crippen molar-refractivity contribution in [2.75, 3.05) is 17.2 Å². The van der Waals surface area contributed by atoms with Gasteiger partial charge in [-0.2, -0.15) is 0 Å². The first kappa shape index (κ1) is 17.9. The zero-order chi connectivity index (χ0) is 18.6. The first-order valence-electron chi connectivity index (χ1n) is 8.99. The number of pyridine rings is 1. The predicted molar refractivity (Wildman–Crippen MR) is 111 cm³/mol. The summed E-state index contributed by atoms with van der Waals surface area (Å²) in [6, 6.07) is 15.9. The van der Waals surface area contributed by atoms with Crippen LogP contribution in [0.4, 0.5) is 11.4 Å². The molecule has 2 heterocycles. The predicted octanol–water partition coefficient (Wildman–Crippen LogP) is 4.73. The van der Waals surface area contributed by atoms with Crippen molar-refractivity contribution in [2.24, 2.45) is 0 Å². The second kappa shape index (κ2) is 8.06. The van der Waals surface area contributed by atoms with Crippen molar-refractivity contribution in [3.63, 3.8) is 0 Å². The third-order valence-electron chi connectivity index (χ3n) is 4.62. The first-order chi connectivity index (χ1) is 13.2. The van der Waals surface area contributed by atoms with Crippen LogP contribution in [0.15, 0.2) is 59.2 Å². The smallest absolute Gasteiger partial charge is 0.253 e. The molecule has 138 valence electrons. The molecule has 1 amide bonds. The number of anilines is 2. The summed E-state index contributed by atoms with van der Waals surface area (Å²) in [5.41, 5.74) is 3.83. The lowest BCUT2D eigenvalue weighted by Crippen LogP contribution is -2.26. The Kier molecular flexibility index (Phi) is 5.36. The van der Waals surface area contributed by atoms with E-state index in [1.807, 2.05) is 48.5 Å². The average molecular weight is 426 g/mol. The topological polar surface area (TPSA) is 63.2 Å². The quantitative estimate of drug-likeness (QED) is 0.620. The maximum absolute atomic E-state index is 12.2. The van der Waals surface area contributed by atoms with Gasteiger partial charge in [-0.3, -0.25) is 9.78 Å². The molecule has 1 saturated heterocycles. The summed E-state index contributed by atoms with van der Waals surface area (Å²) >= 11 is 3.55. The molecule has 1 aromatic heterocycles. The lowest BCUT2D eigenvalue weighted by molar-refractivity contribution is -0.124. The Morgan fingerprint density at radius 1 is 1.22 bits per heavy atom. The van der Waals surface area contributed by atoms with Crippen molar-refractivity contribution in [2.45, 2.75) is 25.5 Å². The van der Waals surface area contributed by atoms with Crippen LogP contribution in [0.3, 0.4) is 0 Å². The van der Waals surface area contributed by atoms with E-state index in [1.54, 1.807) is 6.20 Å². The van der Waals surface area contributed by atoms with Crippen LogP contribution in [0, 0.1) is 0 Å². The standard InChI is InChI=1S/C21H20BrN3O2/c22-17-7-2-6-16-18(9-10-23-20(16)17)24-13-14-4-1-5-15(12-14)25-21(26)19-8-3-11-27-19/h1-2,4-7,9-10,12,19H,3,8,11,13H2,(H,23,24)(H,25,26). The number of rotatable bonds is 5. The third kappa shape index (κ3) is 4.12. The van der Waals surface area contributed by atoms with Crippen LogP contribution < -0.4 is 10.6 Å². The van der Waals surface area contributed by atoms with E-state index >= 15 is 0 Å². The minimum absolute atomic E-state index is 0.0670. The van der Waals surface area contributed by atoms with E-state index in [1.165, 1.54) is 0 Å². The van der Waals surface area contributed by atoms with Crippen LogP contribution in [0.2, 0.25) is 0 Å². The van der Waals surface area contributed by atoms with Gasteiger partial charge in [0.1, 0.15) is 6.10 Å². The molecule has 5 nitrogen and oxygen atoms in total. The summed E-state index contributed by atoms with van der Waals surface area (Å²) < 4.78 is 6.41. The van der Waals surface area contributed by atoms with E-state index in [-0.39, 0.29) is 12.0 Å². The number of benzene rings is 2. The molecule has 6 heteroatoms. The molecule has 1 aliphatic rings. The molecule has 0 aliphatic carbocycles. The van der Waals surface area contributed by atoms with Crippen LogP contribution in [-0.2, 0) is 16.1 Å². The van der Waals surface area contributed by atoms with Gasteiger partial charge in [0.15, 0.2) is 0 Å². The Hall–Kier alpha value is -2.44. The number of fused-ring (bicyclic) bond motifs is 1. The maximum atomic E-state index is 12.2. The molecule has 0 spiro atoms. The molecule has 0 radical (unpaired) electrons. The van der Waals surface area contributed by atoms with Crippen molar-refractivity contribution in [3.05, 3.63) is 64.8 Å². The van der Waals surface area contributed by atoms with Gasteiger partial charge in [-0.1, -0.05) is 24.3 Å². The molecule has 1 aliphatic heterocycles. The summed E-state index contributed by atoms with van der Waals surface area (Å²) in [5.74, 6) is -0.0670. The molecule has 1 fully saturated rings. The van der Waals surface area contributed by atoms with Crippen molar-refractivity contribution >= 4 is 44.1 Å². The van der Waals surface area contributed by atoms with E-state index in [4.69, 9.17) is 4.74 Å². The van der Waals surface area contributed by atoms with Crippen molar-refractivity contribution < 1.29 is 9.53 Å². The highest BCUT2D eigenvalue weighted by molar-refractivity contribution is 9.10. The van der Waals surface area contributed by atoms with Gasteiger partial charge in [0.05, 0.1) is 5.52 Å². The molecule has 3 aromatic rings. The van der Waals surface area contributed by atoms with E-state index in [0.29, 0.717) is 13.2 Å². The van der Waals surface area contributed by atoms with Crippen LogP contribution in [0.25, 0.3) is 10.9 Å². The minimum atomic E-state index is -0.326. The summed E-state index contributed by atoms with van der Waals surface area (Å²) in [7, 11) is 0. The molecular formula is C21H20BrN3O2. The second-order valence-corrected chi connectivity index (χ2v) is 7.39. The SMILES string of the molecule is O=C(Nc1cccc(CNc2ccnc3c(Br)cccc23)c1)C1CCCO1. The number of para-hydroxylation sites is 1. The third-order valence-corrected chi connectivity index (χ3v) is 5.26. The number of ether oxygens (including phenoxy) is 1. The number of carbonyl (C=O) groups excluding carboxylic acids is 1. The molecule has 0 saturated carbocycles. The summed E-state index contributed by atoms with van der Waals surface area (Å²) in [6.45, 7) is 1.31. The Labute approximate surface area is 166 Å². The fraction of sp³-hybridized carbons (Fsp3) is 0.238. The normalized spacial score (nSPS) is 16.4. The fourth-order valence-electron chi connectivity index (χ4n) is 3.26. The summed E-state index contributed by atoms with van der Waals surface area (Å²) in [5, 5.41) is 7.48. The number of nitrogens with one attached hydrogen (secondary N) is 2. The van der Waals surface area contributed by atoms with Crippen LogP contribution in [-0.4, -0.2) is 23.6 Å². The highest BCUT2D eigenvalue weighted by atomic mass is 79.9. The van der Waals surface area contributed by atoms with Gasteiger partial charge >= 0.3 is 0 Å². The van der Waals surface area contributed by atoms with Crippen LogP contribution in [0.5, 0.6) is 0 Å². The molecular weight excluding hydrogens is 406 g/mol. The van der Waals surface area contributed by atoms with Gasteiger partial charge < -0.3 is 15.4 Å². The Morgan fingerprint density at radius 2 is 2.11 bits per heavy atom. The van der Waals surface area contributed by atoms with Gasteiger partial charge in [0.25, 0.3) is 5.91 Å². The molecule has 0 bridgehead atoms. The second-order valence-electron chi connectivity index (χ2n) is 6.54. The van der Waals surface area contributed by atoms with E-state index in [2.05, 4.69) is 31.5 Å². The van der Waals surface area contributed by atoms with E-state index < -0.39 is 0 Å². The van der Waals surface area contributed by atoms with E-state index in [0.717, 1.165) is 45.2 Å². The Bertz CT molecular complexity index is 971. The van der Waals surface area contributed by atoms with Crippen molar-refractivity contribution in [1.82, 2.24) is 4.98 Å². The lowest BCUT2D eigenvalue weighted by Gasteiger charge is -2.13. The maximum Gasteiger partial charge on any atom is 0.253 e. The zero-order valence-corrected chi connectivity index (χ0v) is 16.3. The number of aromatic nitrogens is 1. The largest absolute Gasteiger partial charge is 0.380 e. The Morgan fingerprint density at radius 3 is 2.96 bits per heavy atom. The molecule has 2 N–H and O–H groups in total. The average Bonchev–Trinajstić information content (AvgIpc) is 3.22. The number of amides is 1. The van der Waals surface area contributed by atoms with Crippen LogP contribution in [0.1, 0.15) is 18.4 Å². The van der Waals surface area contributed by atoms with Gasteiger partial charge in [0.2, 0.25) is 0 Å². The lowest BCUT2D eigenvalue weighted by atomic mass is 10.1. The molecule has 1 unspecified atom stereocenters. The number of hydrogen-bond donors (Lipinski definition) is 2. The molecule has 2 aromatic carbocycles. The summed E-state index contributed by atoms with van der Waals surface area (Å²) in [4.78, 5) is 16.7. The number of carbonyl (C=O) groups is 1. The number of halogens is 1. The molecule has 4 rings (SSSR count). The first-order valence-corrected chi connectivity index (χ1v) is 9.78. The van der Waals surface area contributed by atoms with Crippen molar-refractivity contribution in [3.8, 4) is 0 Å². The molecule has 1 atom stereocenters. The Balaban J connectivity index is 1.46.